The summed E-state index contributed by atoms with van der Waals surface area (Å²) in [5, 5.41) is 0.492. The van der Waals surface area contributed by atoms with E-state index in [9.17, 15) is 9.59 Å². The number of hydrogen-bond donors (Lipinski definition) is 1. The highest BCUT2D eigenvalue weighted by molar-refractivity contribution is 7.20. The molecule has 23 heavy (non-hydrogen) atoms. The largest absolute Gasteiger partial charge is 0.465 e. The number of aromatic nitrogens is 2. The number of ether oxygens (including phenoxy) is 1. The molecule has 1 saturated heterocycles. The number of carbonyl (C=O) groups is 1. The molecule has 124 valence electrons. The molecular formula is C16H21N3O3S. The van der Waals surface area contributed by atoms with E-state index in [2.05, 4.69) is 21.8 Å². The smallest absolute Gasteiger partial charge is 0.348 e. The molecule has 1 aliphatic rings. The summed E-state index contributed by atoms with van der Waals surface area (Å²) in [5.74, 6) is 0.241. The molecule has 0 bridgehead atoms. The van der Waals surface area contributed by atoms with Crippen LogP contribution in [0.2, 0.25) is 0 Å². The Morgan fingerprint density at radius 3 is 2.96 bits per heavy atom. The zero-order chi connectivity index (χ0) is 16.6. The minimum absolute atomic E-state index is 0.182. The lowest BCUT2D eigenvalue weighted by Gasteiger charge is -2.32. The van der Waals surface area contributed by atoms with Crippen LogP contribution in [0.4, 0.5) is 0 Å². The zero-order valence-electron chi connectivity index (χ0n) is 13.6. The summed E-state index contributed by atoms with van der Waals surface area (Å²) >= 11 is 1.22. The monoisotopic (exact) mass is 335 g/mol. The second-order valence-corrected chi connectivity index (χ2v) is 7.05. The third-order valence-electron chi connectivity index (χ3n) is 4.51. The summed E-state index contributed by atoms with van der Waals surface area (Å²) in [7, 11) is 1.34. The summed E-state index contributed by atoms with van der Waals surface area (Å²) in [5.41, 5.74) is 0.460. The highest BCUT2D eigenvalue weighted by Crippen LogP contribution is 2.28. The molecular weight excluding hydrogens is 314 g/mol. The summed E-state index contributed by atoms with van der Waals surface area (Å²) in [6.45, 7) is 5.63. The van der Waals surface area contributed by atoms with Crippen molar-refractivity contribution in [3.8, 4) is 0 Å². The van der Waals surface area contributed by atoms with Crippen LogP contribution in [0.3, 0.4) is 0 Å². The Balaban J connectivity index is 1.97. The molecule has 7 heteroatoms. The number of methoxy groups -OCH3 is 1. The summed E-state index contributed by atoms with van der Waals surface area (Å²) < 4.78 is 4.78. The van der Waals surface area contributed by atoms with Gasteiger partial charge in [-0.25, -0.2) is 9.78 Å². The maximum absolute atomic E-state index is 12.4. The minimum atomic E-state index is -0.420. The Morgan fingerprint density at radius 1 is 1.48 bits per heavy atom. The fraction of sp³-hybridized carbons (Fsp3) is 0.562. The lowest BCUT2D eigenvalue weighted by Crippen LogP contribution is -2.37. The lowest BCUT2D eigenvalue weighted by atomic mass is 10.0. The van der Waals surface area contributed by atoms with Gasteiger partial charge >= 0.3 is 5.97 Å². The molecule has 0 spiro atoms. The Bertz CT molecular complexity index is 796. The van der Waals surface area contributed by atoms with Crippen LogP contribution >= 0.6 is 11.3 Å². The van der Waals surface area contributed by atoms with E-state index < -0.39 is 5.97 Å². The van der Waals surface area contributed by atoms with Gasteiger partial charge in [0.05, 0.1) is 19.0 Å². The van der Waals surface area contributed by atoms with Crippen LogP contribution in [0.15, 0.2) is 4.79 Å². The molecule has 1 aliphatic heterocycles. The molecule has 1 N–H and O–H groups in total. The van der Waals surface area contributed by atoms with Crippen LogP contribution in [0.5, 0.6) is 0 Å². The molecule has 3 heterocycles. The van der Waals surface area contributed by atoms with Gasteiger partial charge in [0.2, 0.25) is 0 Å². The predicted octanol–water partition coefficient (Wildman–Crippen LogP) is 2.45. The first-order valence-corrected chi connectivity index (χ1v) is 8.67. The van der Waals surface area contributed by atoms with Gasteiger partial charge in [-0.3, -0.25) is 9.69 Å². The Morgan fingerprint density at radius 2 is 2.26 bits per heavy atom. The van der Waals surface area contributed by atoms with Gasteiger partial charge < -0.3 is 9.72 Å². The Kier molecular flexibility index (Phi) is 4.50. The molecule has 0 amide bonds. The Labute approximate surface area is 138 Å². The van der Waals surface area contributed by atoms with Crippen molar-refractivity contribution in [3.05, 3.63) is 26.6 Å². The molecule has 0 aromatic carbocycles. The molecule has 0 saturated carbocycles. The average Bonchev–Trinajstić information content (AvgIpc) is 2.86. The van der Waals surface area contributed by atoms with E-state index in [1.54, 1.807) is 6.92 Å². The normalized spacial score (nSPS) is 19.2. The SMILES string of the molecule is COC(=O)c1sc2nc(CN3CCCCC3C)[nH]c(=O)c2c1C. The van der Waals surface area contributed by atoms with Crippen molar-refractivity contribution in [1.82, 2.24) is 14.9 Å². The number of aromatic amines is 1. The van der Waals surface area contributed by atoms with Crippen molar-refractivity contribution < 1.29 is 9.53 Å². The number of rotatable bonds is 3. The zero-order valence-corrected chi connectivity index (χ0v) is 14.5. The maximum Gasteiger partial charge on any atom is 0.348 e. The van der Waals surface area contributed by atoms with Gasteiger partial charge in [0.15, 0.2) is 0 Å². The quantitative estimate of drug-likeness (QED) is 0.872. The number of nitrogens with zero attached hydrogens (tertiary/aromatic N) is 2. The number of piperidine rings is 1. The van der Waals surface area contributed by atoms with E-state index >= 15 is 0 Å². The van der Waals surface area contributed by atoms with Crippen molar-refractivity contribution in [2.45, 2.75) is 45.7 Å². The number of H-pyrrole nitrogens is 1. The number of esters is 1. The predicted molar refractivity (Wildman–Crippen MR) is 90.0 cm³/mol. The third-order valence-corrected chi connectivity index (χ3v) is 5.68. The van der Waals surface area contributed by atoms with Gasteiger partial charge in [-0.15, -0.1) is 11.3 Å². The van der Waals surface area contributed by atoms with Crippen molar-refractivity contribution in [3.63, 3.8) is 0 Å². The standard InChI is InChI=1S/C16H21N3O3S/c1-9-6-4-5-7-19(9)8-11-17-14(20)12-10(2)13(16(21)22-3)23-15(12)18-11/h9H,4-8H2,1-3H3,(H,17,18,20). The third kappa shape index (κ3) is 3.03. The fourth-order valence-electron chi connectivity index (χ4n) is 3.14. The van der Waals surface area contributed by atoms with Gasteiger partial charge in [-0.05, 0) is 38.8 Å². The molecule has 2 aromatic heterocycles. The molecule has 0 radical (unpaired) electrons. The summed E-state index contributed by atoms with van der Waals surface area (Å²) in [6, 6.07) is 0.500. The highest BCUT2D eigenvalue weighted by atomic mass is 32.1. The van der Waals surface area contributed by atoms with Gasteiger partial charge in [0.25, 0.3) is 5.56 Å². The number of hydrogen-bond acceptors (Lipinski definition) is 6. The summed E-state index contributed by atoms with van der Waals surface area (Å²) in [4.78, 5) is 35.1. The van der Waals surface area contributed by atoms with E-state index in [0.717, 1.165) is 6.54 Å². The number of likely N-dealkylation sites (tertiary alicyclic amines) is 1. The van der Waals surface area contributed by atoms with Crippen molar-refractivity contribution in [2.75, 3.05) is 13.7 Å². The van der Waals surface area contributed by atoms with Crippen LogP contribution in [-0.2, 0) is 11.3 Å². The maximum atomic E-state index is 12.4. The first kappa shape index (κ1) is 16.1. The van der Waals surface area contributed by atoms with Gasteiger partial charge in [0, 0.05) is 6.04 Å². The molecule has 2 aromatic rings. The number of fused-ring (bicyclic) bond motifs is 1. The van der Waals surface area contributed by atoms with E-state index in [-0.39, 0.29) is 5.56 Å². The summed E-state index contributed by atoms with van der Waals surface area (Å²) in [6.07, 6.45) is 3.62. The fourth-order valence-corrected chi connectivity index (χ4v) is 4.25. The molecule has 0 aliphatic carbocycles. The van der Waals surface area contributed by atoms with Crippen molar-refractivity contribution in [2.24, 2.45) is 0 Å². The van der Waals surface area contributed by atoms with Crippen LogP contribution < -0.4 is 5.56 Å². The van der Waals surface area contributed by atoms with E-state index in [0.29, 0.717) is 39.1 Å². The van der Waals surface area contributed by atoms with Crippen LogP contribution in [0.1, 0.15) is 47.2 Å². The van der Waals surface area contributed by atoms with Crippen LogP contribution in [0.25, 0.3) is 10.2 Å². The Hall–Kier alpha value is -1.73. The second-order valence-electron chi connectivity index (χ2n) is 6.06. The highest BCUT2D eigenvalue weighted by Gasteiger charge is 2.22. The molecule has 1 fully saturated rings. The topological polar surface area (TPSA) is 75.3 Å². The molecule has 1 unspecified atom stereocenters. The minimum Gasteiger partial charge on any atom is -0.465 e. The van der Waals surface area contributed by atoms with E-state index in [1.807, 2.05) is 0 Å². The van der Waals surface area contributed by atoms with Gasteiger partial charge in [-0.1, -0.05) is 6.42 Å². The van der Waals surface area contributed by atoms with E-state index in [4.69, 9.17) is 4.74 Å². The number of carbonyl (C=O) groups excluding carboxylic acids is 1. The second kappa shape index (κ2) is 6.41. The molecule has 6 nitrogen and oxygen atoms in total. The van der Waals surface area contributed by atoms with Crippen LogP contribution in [0, 0.1) is 6.92 Å². The first-order chi connectivity index (χ1) is 11.0. The molecule has 3 rings (SSSR count). The first-order valence-electron chi connectivity index (χ1n) is 7.86. The average molecular weight is 335 g/mol. The van der Waals surface area contributed by atoms with Gasteiger partial charge in [-0.2, -0.15) is 0 Å². The van der Waals surface area contributed by atoms with Crippen molar-refractivity contribution >= 4 is 27.5 Å². The van der Waals surface area contributed by atoms with E-state index in [1.165, 1.54) is 37.7 Å². The van der Waals surface area contributed by atoms with Crippen LogP contribution in [-0.4, -0.2) is 40.5 Å². The van der Waals surface area contributed by atoms with Crippen molar-refractivity contribution in [1.29, 1.82) is 0 Å². The lowest BCUT2D eigenvalue weighted by molar-refractivity contribution is 0.0605. The molecule has 1 atom stereocenters. The number of aryl methyl sites for hydroxylation is 1. The van der Waals surface area contributed by atoms with Gasteiger partial charge in [0.1, 0.15) is 15.5 Å². The number of thiophene rings is 1. The number of nitrogens with one attached hydrogen (secondary N) is 1.